The van der Waals surface area contributed by atoms with Crippen LogP contribution in [-0.4, -0.2) is 24.3 Å². The number of halogens is 1. The molecule has 0 unspecified atom stereocenters. The minimum absolute atomic E-state index is 0.182. The molecule has 1 aliphatic rings. The van der Waals surface area contributed by atoms with Crippen molar-refractivity contribution >= 4 is 46.5 Å². The van der Waals surface area contributed by atoms with Gasteiger partial charge in [0.1, 0.15) is 0 Å². The largest absolute Gasteiger partial charge is 0.344 e. The quantitative estimate of drug-likeness (QED) is 0.504. The Bertz CT molecular complexity index is 1270. The Hall–Kier alpha value is -4.10. The first-order valence-electron chi connectivity index (χ1n) is 10.6. The van der Waals surface area contributed by atoms with E-state index in [2.05, 4.69) is 10.8 Å². The van der Waals surface area contributed by atoms with Crippen LogP contribution in [0.5, 0.6) is 0 Å². The Labute approximate surface area is 201 Å². The summed E-state index contributed by atoms with van der Waals surface area (Å²) in [7, 11) is 0. The van der Waals surface area contributed by atoms with Crippen LogP contribution >= 0.6 is 11.6 Å². The number of hydrogen-bond donors (Lipinski definition) is 2. The van der Waals surface area contributed by atoms with E-state index in [-0.39, 0.29) is 11.8 Å². The highest BCUT2D eigenvalue weighted by Gasteiger charge is 2.24. The highest BCUT2D eigenvalue weighted by atomic mass is 35.5. The van der Waals surface area contributed by atoms with Crippen molar-refractivity contribution in [1.29, 1.82) is 0 Å². The van der Waals surface area contributed by atoms with Gasteiger partial charge in [-0.1, -0.05) is 48.0 Å². The summed E-state index contributed by atoms with van der Waals surface area (Å²) in [5.41, 5.74) is 6.15. The average molecular weight is 476 g/mol. The zero-order chi connectivity index (χ0) is 24.1. The van der Waals surface area contributed by atoms with E-state index >= 15 is 0 Å². The molecular weight excluding hydrogens is 454 g/mol. The van der Waals surface area contributed by atoms with Crippen LogP contribution in [0.25, 0.3) is 5.70 Å². The summed E-state index contributed by atoms with van der Waals surface area (Å²) in [5, 5.41) is 3.16. The number of hydroxylamine groups is 1. The van der Waals surface area contributed by atoms with Gasteiger partial charge in [0.05, 0.1) is 22.0 Å². The van der Waals surface area contributed by atoms with Crippen molar-refractivity contribution in [3.63, 3.8) is 0 Å². The van der Waals surface area contributed by atoms with Crippen LogP contribution in [0.15, 0.2) is 78.9 Å². The van der Waals surface area contributed by atoms with Crippen LogP contribution in [-0.2, 0) is 9.63 Å². The SMILES string of the molecule is CC(=O)ONC1=CCCN(C(=O)c2ccc(NC(=O)c3ccccc3Cl)cc2)c2ccccc21. The minimum Gasteiger partial charge on any atom is -0.344 e. The maximum Gasteiger partial charge on any atom is 0.329 e. The lowest BCUT2D eigenvalue weighted by molar-refractivity contribution is -0.145. The van der Waals surface area contributed by atoms with Crippen LogP contribution in [0.4, 0.5) is 11.4 Å². The van der Waals surface area contributed by atoms with Crippen molar-refractivity contribution in [1.82, 2.24) is 5.48 Å². The molecule has 3 aromatic rings. The predicted octanol–water partition coefficient (Wildman–Crippen LogP) is 5.05. The molecule has 0 aliphatic carbocycles. The van der Waals surface area contributed by atoms with Gasteiger partial charge in [-0.25, -0.2) is 5.48 Å². The van der Waals surface area contributed by atoms with Crippen LogP contribution in [0.1, 0.15) is 39.6 Å². The number of para-hydroxylation sites is 1. The molecule has 1 aliphatic heterocycles. The second kappa shape index (κ2) is 10.2. The maximum atomic E-state index is 13.4. The summed E-state index contributed by atoms with van der Waals surface area (Å²) in [6.07, 6.45) is 2.46. The predicted molar refractivity (Wildman–Crippen MR) is 131 cm³/mol. The monoisotopic (exact) mass is 475 g/mol. The Morgan fingerprint density at radius 1 is 0.941 bits per heavy atom. The van der Waals surface area contributed by atoms with Gasteiger partial charge >= 0.3 is 5.97 Å². The molecule has 1 heterocycles. The van der Waals surface area contributed by atoms with E-state index < -0.39 is 5.97 Å². The highest BCUT2D eigenvalue weighted by Crippen LogP contribution is 2.30. The van der Waals surface area contributed by atoms with Gasteiger partial charge in [-0.15, -0.1) is 0 Å². The zero-order valence-corrected chi connectivity index (χ0v) is 19.1. The zero-order valence-electron chi connectivity index (χ0n) is 18.4. The van der Waals surface area contributed by atoms with Crippen molar-refractivity contribution in [2.75, 3.05) is 16.8 Å². The molecule has 2 N–H and O–H groups in total. The van der Waals surface area contributed by atoms with Gasteiger partial charge in [-0.2, -0.15) is 0 Å². The lowest BCUT2D eigenvalue weighted by Crippen LogP contribution is -2.32. The number of nitrogens with one attached hydrogen (secondary N) is 2. The molecule has 0 radical (unpaired) electrons. The molecule has 4 rings (SSSR count). The average Bonchev–Trinajstić information content (AvgIpc) is 3.02. The molecule has 0 bridgehead atoms. The summed E-state index contributed by atoms with van der Waals surface area (Å²) in [6, 6.07) is 20.9. The van der Waals surface area contributed by atoms with Crippen molar-refractivity contribution in [3.05, 3.63) is 101 Å². The van der Waals surface area contributed by atoms with Crippen LogP contribution in [0.3, 0.4) is 0 Å². The summed E-state index contributed by atoms with van der Waals surface area (Å²) in [4.78, 5) is 43.7. The van der Waals surface area contributed by atoms with Crippen molar-refractivity contribution in [3.8, 4) is 0 Å². The fraction of sp³-hybridized carbons (Fsp3) is 0.115. The first-order chi connectivity index (χ1) is 16.4. The van der Waals surface area contributed by atoms with Gasteiger partial charge in [0.25, 0.3) is 11.8 Å². The van der Waals surface area contributed by atoms with E-state index in [9.17, 15) is 14.4 Å². The number of nitrogens with zero attached hydrogens (tertiary/aromatic N) is 1. The van der Waals surface area contributed by atoms with E-state index in [1.54, 1.807) is 53.4 Å². The Balaban J connectivity index is 1.52. The number of rotatable bonds is 5. The topological polar surface area (TPSA) is 87.7 Å². The summed E-state index contributed by atoms with van der Waals surface area (Å²) in [6.45, 7) is 1.76. The molecule has 0 saturated heterocycles. The smallest absolute Gasteiger partial charge is 0.329 e. The molecule has 3 aromatic carbocycles. The number of carbonyl (C=O) groups excluding carboxylic acids is 3. The Morgan fingerprint density at radius 3 is 2.38 bits per heavy atom. The number of benzene rings is 3. The molecule has 7 nitrogen and oxygen atoms in total. The molecule has 0 aromatic heterocycles. The van der Waals surface area contributed by atoms with Crippen molar-refractivity contribution in [2.24, 2.45) is 0 Å². The summed E-state index contributed by atoms with van der Waals surface area (Å²) < 4.78 is 0. The van der Waals surface area contributed by atoms with E-state index in [1.807, 2.05) is 30.3 Å². The minimum atomic E-state index is -0.461. The van der Waals surface area contributed by atoms with E-state index in [0.29, 0.717) is 46.2 Å². The molecule has 0 spiro atoms. The number of anilines is 2. The van der Waals surface area contributed by atoms with Crippen molar-refractivity contribution in [2.45, 2.75) is 13.3 Å². The van der Waals surface area contributed by atoms with Gasteiger partial charge in [-0.3, -0.25) is 14.4 Å². The van der Waals surface area contributed by atoms with Crippen LogP contribution in [0, 0.1) is 0 Å². The first kappa shape index (κ1) is 23.1. The molecule has 34 heavy (non-hydrogen) atoms. The van der Waals surface area contributed by atoms with Gasteiger partial charge in [0.15, 0.2) is 0 Å². The third-order valence-electron chi connectivity index (χ3n) is 5.24. The molecule has 0 fully saturated rings. The highest BCUT2D eigenvalue weighted by molar-refractivity contribution is 6.34. The number of fused-ring (bicyclic) bond motifs is 1. The fourth-order valence-corrected chi connectivity index (χ4v) is 3.86. The molecule has 0 saturated carbocycles. The second-order valence-corrected chi connectivity index (χ2v) is 7.99. The van der Waals surface area contributed by atoms with Gasteiger partial charge in [0.2, 0.25) is 0 Å². The molecule has 172 valence electrons. The number of carbonyl (C=O) groups is 3. The van der Waals surface area contributed by atoms with Crippen LogP contribution in [0.2, 0.25) is 5.02 Å². The van der Waals surface area contributed by atoms with Crippen molar-refractivity contribution < 1.29 is 19.2 Å². The summed E-state index contributed by atoms with van der Waals surface area (Å²) >= 11 is 6.09. The molecule has 2 amide bonds. The molecule has 0 atom stereocenters. The van der Waals surface area contributed by atoms with Gasteiger partial charge in [0, 0.05) is 30.3 Å². The third kappa shape index (κ3) is 5.10. The Kier molecular flexibility index (Phi) is 6.94. The fourth-order valence-electron chi connectivity index (χ4n) is 3.64. The maximum absolute atomic E-state index is 13.4. The lowest BCUT2D eigenvalue weighted by Gasteiger charge is -2.23. The van der Waals surface area contributed by atoms with Crippen LogP contribution < -0.4 is 15.7 Å². The lowest BCUT2D eigenvalue weighted by atomic mass is 10.1. The summed E-state index contributed by atoms with van der Waals surface area (Å²) in [5.74, 6) is -0.971. The first-order valence-corrected chi connectivity index (χ1v) is 11.0. The van der Waals surface area contributed by atoms with E-state index in [4.69, 9.17) is 16.4 Å². The van der Waals surface area contributed by atoms with E-state index in [1.165, 1.54) is 6.92 Å². The Morgan fingerprint density at radius 2 is 1.65 bits per heavy atom. The molecular formula is C26H22ClN3O4. The number of hydrogen-bond acceptors (Lipinski definition) is 5. The third-order valence-corrected chi connectivity index (χ3v) is 5.57. The number of amides is 2. The van der Waals surface area contributed by atoms with Gasteiger partial charge in [-0.05, 0) is 48.9 Å². The van der Waals surface area contributed by atoms with Gasteiger partial charge < -0.3 is 15.1 Å². The second-order valence-electron chi connectivity index (χ2n) is 7.59. The van der Waals surface area contributed by atoms with E-state index in [0.717, 1.165) is 5.56 Å². The standard InChI is InChI=1S/C26H22ClN3O4/c1-17(31)34-29-23-10-6-16-30(24-11-5-3-8-21(23)24)26(33)18-12-14-19(15-13-18)28-25(32)20-7-2-4-9-22(20)27/h2-5,7-15,29H,6,16H2,1H3,(H,28,32). The normalized spacial score (nSPS) is 12.6. The molecule has 8 heteroatoms.